The minimum atomic E-state index is -0.174. The van der Waals surface area contributed by atoms with Gasteiger partial charge in [-0.25, -0.2) is 0 Å². The molecule has 0 aliphatic carbocycles. The summed E-state index contributed by atoms with van der Waals surface area (Å²) in [5.41, 5.74) is 2.14. The van der Waals surface area contributed by atoms with E-state index in [2.05, 4.69) is 32.9 Å². The van der Waals surface area contributed by atoms with Crippen LogP contribution in [0.15, 0.2) is 42.6 Å². The Labute approximate surface area is 113 Å². The van der Waals surface area contributed by atoms with E-state index >= 15 is 0 Å². The van der Waals surface area contributed by atoms with E-state index < -0.39 is 0 Å². The van der Waals surface area contributed by atoms with Gasteiger partial charge in [0, 0.05) is 9.77 Å². The molecule has 2 aromatic rings. The van der Waals surface area contributed by atoms with Crippen LogP contribution < -0.4 is 5.32 Å². The number of anilines is 1. The summed E-state index contributed by atoms with van der Waals surface area (Å²) in [5, 5.41) is 2.86. The molecule has 0 radical (unpaired) electrons. The molecule has 1 aromatic carbocycles. The molecule has 0 aliphatic heterocycles. The first-order valence-electron chi connectivity index (χ1n) is 5.16. The normalized spacial score (nSPS) is 10.0. The number of aryl methyl sites for hydroxylation is 1. The van der Waals surface area contributed by atoms with Crippen molar-refractivity contribution in [2.75, 3.05) is 5.32 Å². The molecule has 1 heterocycles. The van der Waals surface area contributed by atoms with Gasteiger partial charge in [-0.3, -0.25) is 9.78 Å². The van der Waals surface area contributed by atoms with E-state index in [1.165, 1.54) is 0 Å². The highest BCUT2D eigenvalue weighted by Crippen LogP contribution is 2.18. The van der Waals surface area contributed by atoms with Crippen molar-refractivity contribution in [2.24, 2.45) is 0 Å². The van der Waals surface area contributed by atoms with Gasteiger partial charge < -0.3 is 5.32 Å². The molecule has 1 aromatic heterocycles. The van der Waals surface area contributed by atoms with Crippen LogP contribution in [0.3, 0.4) is 0 Å². The van der Waals surface area contributed by atoms with Crippen molar-refractivity contribution in [2.45, 2.75) is 6.92 Å². The average Bonchev–Trinajstić information content (AvgIpc) is 2.32. The van der Waals surface area contributed by atoms with Gasteiger partial charge in [0.2, 0.25) is 0 Å². The number of para-hydroxylation sites is 1. The molecule has 0 bridgehead atoms. The quantitative estimate of drug-likeness (QED) is 0.854. The summed E-state index contributed by atoms with van der Waals surface area (Å²) in [6.07, 6.45) is 1.62. The van der Waals surface area contributed by atoms with Crippen LogP contribution in [0.25, 0.3) is 0 Å². The molecule has 0 unspecified atom stereocenters. The minimum absolute atomic E-state index is 0.174. The van der Waals surface area contributed by atoms with E-state index in [1.807, 2.05) is 43.3 Å². The van der Waals surface area contributed by atoms with Crippen LogP contribution in [-0.2, 0) is 0 Å². The van der Waals surface area contributed by atoms with Gasteiger partial charge in [-0.05, 0) is 53.3 Å². The number of amides is 1. The summed E-state index contributed by atoms with van der Waals surface area (Å²) in [7, 11) is 0. The summed E-state index contributed by atoms with van der Waals surface area (Å²) in [5.74, 6) is -0.174. The zero-order valence-corrected chi connectivity index (χ0v) is 11.4. The van der Waals surface area contributed by atoms with Gasteiger partial charge >= 0.3 is 0 Å². The van der Waals surface area contributed by atoms with Gasteiger partial charge in [0.15, 0.2) is 0 Å². The monoisotopic (exact) mass is 338 g/mol. The van der Waals surface area contributed by atoms with E-state index in [-0.39, 0.29) is 5.91 Å². The molecular weight excluding hydrogens is 327 g/mol. The highest BCUT2D eigenvalue weighted by atomic mass is 127. The van der Waals surface area contributed by atoms with Crippen molar-refractivity contribution < 1.29 is 4.79 Å². The summed E-state index contributed by atoms with van der Waals surface area (Å²) >= 11 is 2.19. The Hall–Kier alpha value is -1.43. The fourth-order valence-electron chi connectivity index (χ4n) is 1.47. The lowest BCUT2D eigenvalue weighted by molar-refractivity contribution is 0.102. The van der Waals surface area contributed by atoms with E-state index in [1.54, 1.807) is 6.20 Å². The van der Waals surface area contributed by atoms with Crippen LogP contribution >= 0.6 is 22.6 Å². The maximum atomic E-state index is 12.0. The number of carbonyl (C=O) groups is 1. The number of nitrogens with one attached hydrogen (secondary N) is 1. The molecule has 2 rings (SSSR count). The first kappa shape index (κ1) is 12.0. The number of pyridine rings is 1. The predicted molar refractivity (Wildman–Crippen MR) is 76.1 cm³/mol. The fourth-order valence-corrected chi connectivity index (χ4v) is 1.99. The summed E-state index contributed by atoms with van der Waals surface area (Å²) in [6, 6.07) is 11.3. The van der Waals surface area contributed by atoms with Crippen molar-refractivity contribution >= 4 is 34.2 Å². The Bertz CT molecular complexity index is 555. The molecule has 0 saturated heterocycles. The van der Waals surface area contributed by atoms with Crippen molar-refractivity contribution in [1.29, 1.82) is 0 Å². The van der Waals surface area contributed by atoms with Gasteiger partial charge in [-0.15, -0.1) is 0 Å². The van der Waals surface area contributed by atoms with Crippen molar-refractivity contribution in [1.82, 2.24) is 4.98 Å². The smallest absolute Gasteiger partial charge is 0.274 e. The average molecular weight is 338 g/mol. The number of hydrogen-bond donors (Lipinski definition) is 1. The molecule has 0 saturated carbocycles. The molecular formula is C13H11IN2O. The molecule has 1 N–H and O–H groups in total. The van der Waals surface area contributed by atoms with Crippen molar-refractivity contribution in [3.05, 3.63) is 57.4 Å². The summed E-state index contributed by atoms with van der Waals surface area (Å²) in [6.45, 7) is 1.87. The van der Waals surface area contributed by atoms with E-state index in [0.29, 0.717) is 5.69 Å². The van der Waals surface area contributed by atoms with E-state index in [9.17, 15) is 4.79 Å². The van der Waals surface area contributed by atoms with Crippen molar-refractivity contribution in [3.63, 3.8) is 0 Å². The molecule has 0 aliphatic rings. The third kappa shape index (κ3) is 2.82. The summed E-state index contributed by atoms with van der Waals surface area (Å²) < 4.78 is 1.01. The van der Waals surface area contributed by atoms with E-state index in [0.717, 1.165) is 14.8 Å². The Kier molecular flexibility index (Phi) is 3.73. The lowest BCUT2D eigenvalue weighted by Crippen LogP contribution is -2.15. The lowest BCUT2D eigenvalue weighted by atomic mass is 10.2. The predicted octanol–water partition coefficient (Wildman–Crippen LogP) is 3.25. The van der Waals surface area contributed by atoms with Gasteiger partial charge in [-0.1, -0.05) is 18.2 Å². The molecule has 1 amide bonds. The molecule has 4 heteroatoms. The van der Waals surface area contributed by atoms with Crippen LogP contribution in [0.4, 0.5) is 5.69 Å². The number of hydrogen-bond acceptors (Lipinski definition) is 2. The second-order valence-corrected chi connectivity index (χ2v) is 4.77. The Balaban J connectivity index is 2.24. The topological polar surface area (TPSA) is 42.0 Å². The van der Waals surface area contributed by atoms with E-state index in [4.69, 9.17) is 0 Å². The van der Waals surface area contributed by atoms with Crippen LogP contribution in [0, 0.1) is 10.5 Å². The standard InChI is InChI=1S/C13H11IN2O/c1-9-5-4-8-15-12(9)13(17)16-11-7-3-2-6-10(11)14/h2-8H,1H3,(H,16,17). The first-order valence-corrected chi connectivity index (χ1v) is 6.24. The minimum Gasteiger partial charge on any atom is -0.320 e. The number of carbonyl (C=O) groups excluding carboxylic acids is 1. The highest BCUT2D eigenvalue weighted by molar-refractivity contribution is 14.1. The number of rotatable bonds is 2. The third-order valence-corrected chi connectivity index (χ3v) is 3.29. The molecule has 17 heavy (non-hydrogen) atoms. The molecule has 0 fully saturated rings. The largest absolute Gasteiger partial charge is 0.320 e. The Morgan fingerprint density at radius 1 is 1.24 bits per heavy atom. The highest BCUT2D eigenvalue weighted by Gasteiger charge is 2.11. The maximum Gasteiger partial charge on any atom is 0.274 e. The van der Waals surface area contributed by atoms with Gasteiger partial charge in [0.1, 0.15) is 5.69 Å². The molecule has 0 spiro atoms. The zero-order chi connectivity index (χ0) is 12.3. The number of aromatic nitrogens is 1. The SMILES string of the molecule is Cc1cccnc1C(=O)Nc1ccccc1I. The fraction of sp³-hybridized carbons (Fsp3) is 0.0769. The first-order chi connectivity index (χ1) is 8.18. The number of halogens is 1. The van der Waals surface area contributed by atoms with Crippen LogP contribution in [-0.4, -0.2) is 10.9 Å². The Morgan fingerprint density at radius 3 is 2.71 bits per heavy atom. The molecule has 0 atom stereocenters. The zero-order valence-electron chi connectivity index (χ0n) is 9.27. The lowest BCUT2D eigenvalue weighted by Gasteiger charge is -2.07. The van der Waals surface area contributed by atoms with Crippen molar-refractivity contribution in [3.8, 4) is 0 Å². The second-order valence-electron chi connectivity index (χ2n) is 3.60. The Morgan fingerprint density at radius 2 is 2.00 bits per heavy atom. The second kappa shape index (κ2) is 5.27. The van der Waals surface area contributed by atoms with Crippen LogP contribution in [0.1, 0.15) is 16.1 Å². The third-order valence-electron chi connectivity index (χ3n) is 2.35. The van der Waals surface area contributed by atoms with Crippen LogP contribution in [0.5, 0.6) is 0 Å². The van der Waals surface area contributed by atoms with Gasteiger partial charge in [0.25, 0.3) is 5.91 Å². The maximum absolute atomic E-state index is 12.0. The molecule has 86 valence electrons. The summed E-state index contributed by atoms with van der Waals surface area (Å²) in [4.78, 5) is 16.1. The van der Waals surface area contributed by atoms with Crippen LogP contribution in [0.2, 0.25) is 0 Å². The van der Waals surface area contributed by atoms with Gasteiger partial charge in [-0.2, -0.15) is 0 Å². The number of nitrogens with zero attached hydrogens (tertiary/aromatic N) is 1. The van der Waals surface area contributed by atoms with Gasteiger partial charge in [0.05, 0.1) is 5.69 Å². The number of benzene rings is 1. The molecule has 3 nitrogen and oxygen atoms in total.